The van der Waals surface area contributed by atoms with Crippen LogP contribution in [0.2, 0.25) is 0 Å². The highest BCUT2D eigenvalue weighted by atomic mass is 79.9. The van der Waals surface area contributed by atoms with E-state index in [0.717, 1.165) is 21.2 Å². The minimum absolute atomic E-state index is 0.173. The maximum atomic E-state index is 12.4. The second kappa shape index (κ2) is 7.00. The second-order valence-corrected chi connectivity index (χ2v) is 7.46. The lowest BCUT2D eigenvalue weighted by atomic mass is 10.1. The van der Waals surface area contributed by atoms with Crippen LogP contribution in [0.15, 0.2) is 69.6 Å². The number of aromatic nitrogens is 1. The molecule has 0 spiro atoms. The molecule has 0 aliphatic heterocycles. The van der Waals surface area contributed by atoms with Gasteiger partial charge >= 0.3 is 0 Å². The number of rotatable bonds is 3. The number of nitrogens with one attached hydrogen (secondary N) is 1. The zero-order valence-electron chi connectivity index (χ0n) is 14.9. The van der Waals surface area contributed by atoms with Crippen molar-refractivity contribution in [3.63, 3.8) is 0 Å². The smallest absolute Gasteiger partial charge is 0.255 e. The Hall–Kier alpha value is -2.92. The van der Waals surface area contributed by atoms with Crippen molar-refractivity contribution in [3.05, 3.63) is 81.8 Å². The molecule has 1 heterocycles. The summed E-state index contributed by atoms with van der Waals surface area (Å²) in [6.45, 7) is 4.10. The molecule has 0 fully saturated rings. The van der Waals surface area contributed by atoms with Gasteiger partial charge < -0.3 is 9.73 Å². The van der Waals surface area contributed by atoms with Gasteiger partial charge in [-0.1, -0.05) is 39.2 Å². The SMILES string of the molecule is Cc1cc(C)cc(-c2nc3cc(NC(=O)c4cccc(Br)c4)ccc3o2)c1. The molecule has 0 bridgehead atoms. The average Bonchev–Trinajstić information content (AvgIpc) is 3.04. The molecule has 0 aliphatic carbocycles. The second-order valence-electron chi connectivity index (χ2n) is 6.54. The lowest BCUT2D eigenvalue weighted by Gasteiger charge is -2.05. The fourth-order valence-electron chi connectivity index (χ4n) is 3.06. The van der Waals surface area contributed by atoms with Crippen molar-refractivity contribution in [1.29, 1.82) is 0 Å². The fourth-order valence-corrected chi connectivity index (χ4v) is 3.46. The van der Waals surface area contributed by atoms with Crippen LogP contribution in [0.5, 0.6) is 0 Å². The highest BCUT2D eigenvalue weighted by molar-refractivity contribution is 9.10. The van der Waals surface area contributed by atoms with Gasteiger partial charge in [0, 0.05) is 21.3 Å². The first-order valence-corrected chi connectivity index (χ1v) is 9.33. The van der Waals surface area contributed by atoms with E-state index >= 15 is 0 Å². The van der Waals surface area contributed by atoms with E-state index < -0.39 is 0 Å². The van der Waals surface area contributed by atoms with E-state index in [0.29, 0.717) is 28.2 Å². The zero-order valence-corrected chi connectivity index (χ0v) is 16.5. The Balaban J connectivity index is 1.63. The predicted octanol–water partition coefficient (Wildman–Crippen LogP) is 6.13. The molecule has 0 radical (unpaired) electrons. The molecule has 27 heavy (non-hydrogen) atoms. The van der Waals surface area contributed by atoms with Crippen LogP contribution < -0.4 is 5.32 Å². The van der Waals surface area contributed by atoms with Gasteiger partial charge in [0.25, 0.3) is 5.91 Å². The van der Waals surface area contributed by atoms with Crippen LogP contribution in [0.25, 0.3) is 22.6 Å². The largest absolute Gasteiger partial charge is 0.436 e. The van der Waals surface area contributed by atoms with E-state index in [1.165, 1.54) is 0 Å². The molecule has 5 heteroatoms. The summed E-state index contributed by atoms with van der Waals surface area (Å²) < 4.78 is 6.76. The molecule has 3 aromatic carbocycles. The molecule has 1 amide bonds. The van der Waals surface area contributed by atoms with E-state index in [-0.39, 0.29) is 5.91 Å². The van der Waals surface area contributed by atoms with Crippen molar-refractivity contribution in [3.8, 4) is 11.5 Å². The number of aryl methyl sites for hydroxylation is 2. The third-order valence-corrected chi connectivity index (χ3v) is 4.69. The van der Waals surface area contributed by atoms with Crippen LogP contribution in [0.3, 0.4) is 0 Å². The predicted molar refractivity (Wildman–Crippen MR) is 111 cm³/mol. The Morgan fingerprint density at radius 3 is 2.52 bits per heavy atom. The molecule has 134 valence electrons. The highest BCUT2D eigenvalue weighted by Gasteiger charge is 2.11. The normalized spacial score (nSPS) is 10.9. The summed E-state index contributed by atoms with van der Waals surface area (Å²) in [4.78, 5) is 17.0. The van der Waals surface area contributed by atoms with E-state index in [2.05, 4.69) is 46.1 Å². The number of halogens is 1. The average molecular weight is 421 g/mol. The first-order chi connectivity index (χ1) is 13.0. The number of hydrogen-bond acceptors (Lipinski definition) is 3. The lowest BCUT2D eigenvalue weighted by Crippen LogP contribution is -2.11. The molecule has 0 saturated heterocycles. The number of nitrogens with zero attached hydrogens (tertiary/aromatic N) is 1. The standard InChI is InChI=1S/C22H17BrN2O2/c1-13-8-14(2)10-16(9-13)22-25-19-12-18(6-7-20(19)27-22)24-21(26)15-4-3-5-17(23)11-15/h3-12H,1-2H3,(H,24,26). The monoisotopic (exact) mass is 420 g/mol. The first kappa shape index (κ1) is 17.5. The number of anilines is 1. The van der Waals surface area contributed by atoms with Crippen molar-refractivity contribution < 1.29 is 9.21 Å². The van der Waals surface area contributed by atoms with Crippen molar-refractivity contribution >= 4 is 38.6 Å². The summed E-state index contributed by atoms with van der Waals surface area (Å²) in [5.41, 5.74) is 5.92. The molecule has 1 aromatic heterocycles. The molecule has 0 aliphatic rings. The van der Waals surface area contributed by atoms with Crippen molar-refractivity contribution in [2.75, 3.05) is 5.32 Å². The van der Waals surface area contributed by atoms with Gasteiger partial charge in [-0.25, -0.2) is 4.98 Å². The van der Waals surface area contributed by atoms with Crippen LogP contribution in [0.4, 0.5) is 5.69 Å². The van der Waals surface area contributed by atoms with Crippen LogP contribution in [0, 0.1) is 13.8 Å². The molecular formula is C22H17BrN2O2. The number of fused-ring (bicyclic) bond motifs is 1. The van der Waals surface area contributed by atoms with Crippen LogP contribution >= 0.6 is 15.9 Å². The Labute approximate surface area is 165 Å². The summed E-state index contributed by atoms with van der Waals surface area (Å²) in [5.74, 6) is 0.404. The molecule has 4 aromatic rings. The van der Waals surface area contributed by atoms with Crippen LogP contribution in [-0.4, -0.2) is 10.9 Å². The van der Waals surface area contributed by atoms with Gasteiger partial charge in [0.05, 0.1) is 0 Å². The van der Waals surface area contributed by atoms with Gasteiger partial charge in [-0.3, -0.25) is 4.79 Å². The summed E-state index contributed by atoms with van der Waals surface area (Å²) in [5, 5.41) is 2.90. The third kappa shape index (κ3) is 3.78. The van der Waals surface area contributed by atoms with E-state index in [1.54, 1.807) is 12.1 Å². The molecule has 1 N–H and O–H groups in total. The molecule has 0 saturated carbocycles. The van der Waals surface area contributed by atoms with Gasteiger partial charge in [-0.2, -0.15) is 0 Å². The molecule has 0 unspecified atom stereocenters. The quantitative estimate of drug-likeness (QED) is 0.433. The zero-order chi connectivity index (χ0) is 19.0. The first-order valence-electron chi connectivity index (χ1n) is 8.54. The number of oxazole rings is 1. The molecular weight excluding hydrogens is 404 g/mol. The fraction of sp³-hybridized carbons (Fsp3) is 0.0909. The summed E-state index contributed by atoms with van der Waals surface area (Å²) in [6.07, 6.45) is 0. The highest BCUT2D eigenvalue weighted by Crippen LogP contribution is 2.27. The Morgan fingerprint density at radius 2 is 1.78 bits per heavy atom. The third-order valence-electron chi connectivity index (χ3n) is 4.20. The summed E-state index contributed by atoms with van der Waals surface area (Å²) in [7, 11) is 0. The summed E-state index contributed by atoms with van der Waals surface area (Å²) >= 11 is 3.38. The maximum Gasteiger partial charge on any atom is 0.255 e. The number of carbonyl (C=O) groups is 1. The number of amides is 1. The molecule has 4 nitrogen and oxygen atoms in total. The minimum Gasteiger partial charge on any atom is -0.436 e. The topological polar surface area (TPSA) is 55.1 Å². The summed E-state index contributed by atoms with van der Waals surface area (Å²) in [6, 6.07) is 18.9. The minimum atomic E-state index is -0.173. The van der Waals surface area contributed by atoms with E-state index in [4.69, 9.17) is 4.42 Å². The van der Waals surface area contributed by atoms with Crippen molar-refractivity contribution in [2.24, 2.45) is 0 Å². The van der Waals surface area contributed by atoms with Gasteiger partial charge in [0.2, 0.25) is 5.89 Å². The lowest BCUT2D eigenvalue weighted by molar-refractivity contribution is 0.102. The number of benzene rings is 3. The molecule has 0 atom stereocenters. The Bertz CT molecular complexity index is 1140. The maximum absolute atomic E-state index is 12.4. The Morgan fingerprint density at radius 1 is 1.00 bits per heavy atom. The van der Waals surface area contributed by atoms with Gasteiger partial charge in [-0.05, 0) is 62.4 Å². The van der Waals surface area contributed by atoms with Crippen LogP contribution in [0.1, 0.15) is 21.5 Å². The van der Waals surface area contributed by atoms with Crippen LogP contribution in [-0.2, 0) is 0 Å². The van der Waals surface area contributed by atoms with Crippen molar-refractivity contribution in [2.45, 2.75) is 13.8 Å². The van der Waals surface area contributed by atoms with E-state index in [9.17, 15) is 4.79 Å². The van der Waals surface area contributed by atoms with Gasteiger partial charge in [0.1, 0.15) is 5.52 Å². The van der Waals surface area contributed by atoms with Crippen molar-refractivity contribution in [1.82, 2.24) is 4.98 Å². The number of carbonyl (C=O) groups excluding carboxylic acids is 1. The van der Waals surface area contributed by atoms with Gasteiger partial charge in [-0.15, -0.1) is 0 Å². The van der Waals surface area contributed by atoms with E-state index in [1.807, 2.05) is 42.5 Å². The van der Waals surface area contributed by atoms with Gasteiger partial charge in [0.15, 0.2) is 5.58 Å². The molecule has 4 rings (SSSR count). The number of hydrogen-bond donors (Lipinski definition) is 1. The Kier molecular flexibility index (Phi) is 4.54.